The van der Waals surface area contributed by atoms with Crippen LogP contribution in [0.2, 0.25) is 0 Å². The summed E-state index contributed by atoms with van der Waals surface area (Å²) in [4.78, 5) is 2.34. The first-order chi connectivity index (χ1) is 5.83. The zero-order valence-electron chi connectivity index (χ0n) is 8.47. The molecular formula is C10H22N2. The van der Waals surface area contributed by atoms with Gasteiger partial charge in [-0.3, -0.25) is 0 Å². The molecular weight excluding hydrogens is 148 g/mol. The molecule has 1 N–H and O–H groups in total. The number of nitrogens with one attached hydrogen (secondary N) is 1. The number of hydrogen-bond acceptors (Lipinski definition) is 2. The molecule has 0 amide bonds. The minimum Gasteiger partial charge on any atom is -0.315 e. The van der Waals surface area contributed by atoms with Gasteiger partial charge in [-0.15, -0.1) is 0 Å². The van der Waals surface area contributed by atoms with Crippen molar-refractivity contribution in [2.45, 2.75) is 26.2 Å². The molecule has 2 nitrogen and oxygen atoms in total. The van der Waals surface area contributed by atoms with Crippen LogP contribution in [0.5, 0.6) is 0 Å². The van der Waals surface area contributed by atoms with Crippen LogP contribution in [-0.2, 0) is 0 Å². The minimum absolute atomic E-state index is 1.07. The molecule has 1 saturated carbocycles. The van der Waals surface area contributed by atoms with Crippen molar-refractivity contribution in [3.8, 4) is 0 Å². The normalized spacial score (nSPS) is 17.2. The van der Waals surface area contributed by atoms with Crippen molar-refractivity contribution >= 4 is 0 Å². The summed E-state index contributed by atoms with van der Waals surface area (Å²) in [5, 5.41) is 3.48. The zero-order valence-corrected chi connectivity index (χ0v) is 8.47. The highest BCUT2D eigenvalue weighted by Gasteiger charge is 2.19. The third kappa shape index (κ3) is 4.73. The summed E-state index contributed by atoms with van der Waals surface area (Å²) in [6, 6.07) is 0. The van der Waals surface area contributed by atoms with E-state index in [1.807, 2.05) is 0 Å². The van der Waals surface area contributed by atoms with Gasteiger partial charge in [0.05, 0.1) is 0 Å². The maximum atomic E-state index is 3.48. The lowest BCUT2D eigenvalue weighted by atomic mass is 10.3. The third-order valence-corrected chi connectivity index (χ3v) is 2.64. The monoisotopic (exact) mass is 170 g/mol. The highest BCUT2D eigenvalue weighted by atomic mass is 15.1. The molecule has 0 heterocycles. The minimum atomic E-state index is 1.07. The molecule has 1 fully saturated rings. The van der Waals surface area contributed by atoms with E-state index in [2.05, 4.69) is 24.2 Å². The molecule has 0 bridgehead atoms. The van der Waals surface area contributed by atoms with Gasteiger partial charge in [-0.25, -0.2) is 0 Å². The second-order valence-electron chi connectivity index (χ2n) is 3.88. The van der Waals surface area contributed by atoms with E-state index < -0.39 is 0 Å². The van der Waals surface area contributed by atoms with Crippen molar-refractivity contribution in [2.75, 3.05) is 33.2 Å². The van der Waals surface area contributed by atoms with E-state index in [0.29, 0.717) is 0 Å². The van der Waals surface area contributed by atoms with Crippen LogP contribution in [0.1, 0.15) is 26.2 Å². The summed E-state index contributed by atoms with van der Waals surface area (Å²) in [5.41, 5.74) is 0. The average Bonchev–Trinajstić information content (AvgIpc) is 2.87. The predicted octanol–water partition coefficient (Wildman–Crippen LogP) is 1.33. The van der Waals surface area contributed by atoms with Gasteiger partial charge < -0.3 is 10.2 Å². The third-order valence-electron chi connectivity index (χ3n) is 2.64. The van der Waals surface area contributed by atoms with Crippen LogP contribution in [0.25, 0.3) is 0 Å². The van der Waals surface area contributed by atoms with Crippen molar-refractivity contribution in [1.29, 1.82) is 0 Å². The first-order valence-corrected chi connectivity index (χ1v) is 5.22. The van der Waals surface area contributed by atoms with E-state index in [0.717, 1.165) is 19.0 Å². The maximum Gasteiger partial charge on any atom is 0.0104 e. The van der Waals surface area contributed by atoms with Gasteiger partial charge in [0, 0.05) is 13.1 Å². The van der Waals surface area contributed by atoms with Crippen LogP contribution in [0.3, 0.4) is 0 Å². The number of hydrogen-bond donors (Lipinski definition) is 1. The molecule has 0 atom stereocenters. The second kappa shape index (κ2) is 5.55. The van der Waals surface area contributed by atoms with Crippen molar-refractivity contribution < 1.29 is 0 Å². The summed E-state index contributed by atoms with van der Waals surface area (Å²) in [6.07, 6.45) is 4.36. The lowest BCUT2D eigenvalue weighted by Crippen LogP contribution is -2.29. The Kier molecular flexibility index (Phi) is 4.62. The fourth-order valence-electron chi connectivity index (χ4n) is 1.27. The molecule has 0 spiro atoms. The maximum absolute atomic E-state index is 3.48. The smallest absolute Gasteiger partial charge is 0.0104 e. The summed E-state index contributed by atoms with van der Waals surface area (Å²) >= 11 is 0. The fourth-order valence-corrected chi connectivity index (χ4v) is 1.27. The number of rotatable bonds is 7. The SMILES string of the molecule is CCN(C)CCNCCC1CC1. The first kappa shape index (κ1) is 10.0. The van der Waals surface area contributed by atoms with Crippen LogP contribution in [0.15, 0.2) is 0 Å². The summed E-state index contributed by atoms with van der Waals surface area (Å²) in [5.74, 6) is 1.07. The van der Waals surface area contributed by atoms with E-state index in [9.17, 15) is 0 Å². The number of likely N-dealkylation sites (N-methyl/N-ethyl adjacent to an activating group) is 1. The molecule has 0 unspecified atom stereocenters. The summed E-state index contributed by atoms with van der Waals surface area (Å²) in [6.45, 7) is 6.91. The van der Waals surface area contributed by atoms with Crippen LogP contribution < -0.4 is 5.32 Å². The second-order valence-corrected chi connectivity index (χ2v) is 3.88. The van der Waals surface area contributed by atoms with E-state index >= 15 is 0 Å². The average molecular weight is 170 g/mol. The van der Waals surface area contributed by atoms with Gasteiger partial charge in [0.25, 0.3) is 0 Å². The standard InChI is InChI=1S/C10H22N2/c1-3-12(2)9-8-11-7-6-10-4-5-10/h10-11H,3-9H2,1-2H3. The van der Waals surface area contributed by atoms with Gasteiger partial charge in [-0.05, 0) is 32.5 Å². The van der Waals surface area contributed by atoms with Gasteiger partial charge in [0.15, 0.2) is 0 Å². The highest BCUT2D eigenvalue weighted by Crippen LogP contribution is 2.31. The quantitative estimate of drug-likeness (QED) is 0.580. The molecule has 0 aromatic carbocycles. The van der Waals surface area contributed by atoms with E-state index in [-0.39, 0.29) is 0 Å². The van der Waals surface area contributed by atoms with Gasteiger partial charge in [-0.2, -0.15) is 0 Å². The van der Waals surface area contributed by atoms with E-state index in [1.165, 1.54) is 32.4 Å². The van der Waals surface area contributed by atoms with Crippen LogP contribution in [0, 0.1) is 5.92 Å². The lowest BCUT2D eigenvalue weighted by molar-refractivity contribution is 0.348. The molecule has 0 aliphatic heterocycles. The van der Waals surface area contributed by atoms with E-state index in [1.54, 1.807) is 0 Å². The predicted molar refractivity (Wildman–Crippen MR) is 53.4 cm³/mol. The molecule has 0 saturated heterocycles. The van der Waals surface area contributed by atoms with Gasteiger partial charge in [0.1, 0.15) is 0 Å². The Balaban J connectivity index is 1.75. The topological polar surface area (TPSA) is 15.3 Å². The molecule has 1 rings (SSSR count). The van der Waals surface area contributed by atoms with Crippen molar-refractivity contribution in [3.05, 3.63) is 0 Å². The Morgan fingerprint density at radius 2 is 2.08 bits per heavy atom. The van der Waals surface area contributed by atoms with Crippen molar-refractivity contribution in [1.82, 2.24) is 10.2 Å². The molecule has 0 radical (unpaired) electrons. The Labute approximate surface area is 76.3 Å². The van der Waals surface area contributed by atoms with Crippen LogP contribution in [-0.4, -0.2) is 38.1 Å². The molecule has 1 aliphatic rings. The zero-order chi connectivity index (χ0) is 8.81. The van der Waals surface area contributed by atoms with E-state index in [4.69, 9.17) is 0 Å². The van der Waals surface area contributed by atoms with Crippen molar-refractivity contribution in [3.63, 3.8) is 0 Å². The Morgan fingerprint density at radius 1 is 1.33 bits per heavy atom. The summed E-state index contributed by atoms with van der Waals surface area (Å²) in [7, 11) is 2.17. The highest BCUT2D eigenvalue weighted by molar-refractivity contribution is 4.73. The molecule has 1 aliphatic carbocycles. The van der Waals surface area contributed by atoms with Gasteiger partial charge in [0.2, 0.25) is 0 Å². The Morgan fingerprint density at radius 3 is 2.67 bits per heavy atom. The van der Waals surface area contributed by atoms with Crippen LogP contribution >= 0.6 is 0 Å². The van der Waals surface area contributed by atoms with Gasteiger partial charge in [-0.1, -0.05) is 19.8 Å². The van der Waals surface area contributed by atoms with Crippen molar-refractivity contribution in [2.24, 2.45) is 5.92 Å². The fraction of sp³-hybridized carbons (Fsp3) is 1.00. The van der Waals surface area contributed by atoms with Gasteiger partial charge >= 0.3 is 0 Å². The molecule has 0 aromatic heterocycles. The molecule has 72 valence electrons. The Bertz CT molecular complexity index is 110. The molecule has 2 heteroatoms. The first-order valence-electron chi connectivity index (χ1n) is 5.22. The number of nitrogens with zero attached hydrogens (tertiary/aromatic N) is 1. The Hall–Kier alpha value is -0.0800. The largest absolute Gasteiger partial charge is 0.315 e. The van der Waals surface area contributed by atoms with Crippen LogP contribution in [0.4, 0.5) is 0 Å². The molecule has 12 heavy (non-hydrogen) atoms. The summed E-state index contributed by atoms with van der Waals surface area (Å²) < 4.78 is 0. The molecule has 0 aromatic rings. The lowest BCUT2D eigenvalue weighted by Gasteiger charge is -2.13.